The molecule has 136 valence electrons. The van der Waals surface area contributed by atoms with Gasteiger partial charge in [0.15, 0.2) is 0 Å². The molecule has 0 saturated heterocycles. The Morgan fingerprint density at radius 2 is 1.76 bits per heavy atom. The van der Waals surface area contributed by atoms with Crippen molar-refractivity contribution in [1.82, 2.24) is 10.7 Å². The average Bonchev–Trinajstić information content (AvgIpc) is 2.87. The molecular weight excluding hydrogens is 330 g/mol. The summed E-state index contributed by atoms with van der Waals surface area (Å²) in [5.41, 5.74) is 1.08. The summed E-state index contributed by atoms with van der Waals surface area (Å²) in [6, 6.07) is 6.96. The number of hydrogen-bond acceptors (Lipinski definition) is 5. The molecule has 0 aliphatic carbocycles. The van der Waals surface area contributed by atoms with Crippen molar-refractivity contribution in [3.05, 3.63) is 52.7 Å². The van der Waals surface area contributed by atoms with Gasteiger partial charge in [-0.05, 0) is 18.1 Å². The second-order valence-corrected chi connectivity index (χ2v) is 5.37. The summed E-state index contributed by atoms with van der Waals surface area (Å²) in [5.74, 6) is -1.99. The Bertz CT molecular complexity index is 763. The SMILES string of the molecule is CC(C)Cn1ccc2ccc([N+](=O)[O-])cc21.N.O=C(O)/C=C/C(=O)O. The highest BCUT2D eigenvalue weighted by Gasteiger charge is 2.09. The summed E-state index contributed by atoms with van der Waals surface area (Å²) in [7, 11) is 0. The van der Waals surface area contributed by atoms with Crippen LogP contribution >= 0.6 is 0 Å². The smallest absolute Gasteiger partial charge is 0.328 e. The van der Waals surface area contributed by atoms with E-state index in [9.17, 15) is 19.7 Å². The molecule has 0 spiro atoms. The van der Waals surface area contributed by atoms with E-state index in [0.717, 1.165) is 17.4 Å². The van der Waals surface area contributed by atoms with Gasteiger partial charge in [-0.3, -0.25) is 10.1 Å². The number of carbonyl (C=O) groups is 2. The van der Waals surface area contributed by atoms with Gasteiger partial charge in [-0.25, -0.2) is 9.59 Å². The van der Waals surface area contributed by atoms with Gasteiger partial charge in [0, 0.05) is 42.4 Å². The van der Waals surface area contributed by atoms with Crippen LogP contribution in [-0.4, -0.2) is 31.6 Å². The van der Waals surface area contributed by atoms with Gasteiger partial charge >= 0.3 is 11.9 Å². The lowest BCUT2D eigenvalue weighted by Gasteiger charge is -2.07. The van der Waals surface area contributed by atoms with Gasteiger partial charge in [-0.2, -0.15) is 0 Å². The average molecular weight is 351 g/mol. The van der Waals surface area contributed by atoms with Crippen LogP contribution in [0.1, 0.15) is 13.8 Å². The van der Waals surface area contributed by atoms with E-state index in [1.54, 1.807) is 18.2 Å². The number of non-ortho nitro benzene ring substituents is 1. The minimum Gasteiger partial charge on any atom is -0.478 e. The van der Waals surface area contributed by atoms with E-state index in [0.29, 0.717) is 18.1 Å². The summed E-state index contributed by atoms with van der Waals surface area (Å²) < 4.78 is 2.06. The van der Waals surface area contributed by atoms with E-state index in [4.69, 9.17) is 10.2 Å². The highest BCUT2D eigenvalue weighted by Crippen LogP contribution is 2.22. The number of hydrogen-bond donors (Lipinski definition) is 3. The summed E-state index contributed by atoms with van der Waals surface area (Å²) in [5, 5.41) is 27.4. The van der Waals surface area contributed by atoms with Gasteiger partial charge < -0.3 is 20.9 Å². The Balaban J connectivity index is 0.000000552. The molecule has 2 aromatic rings. The first-order valence-electron chi connectivity index (χ1n) is 7.08. The first kappa shape index (κ1) is 21.8. The van der Waals surface area contributed by atoms with E-state index in [-0.39, 0.29) is 16.8 Å². The Morgan fingerprint density at radius 1 is 1.20 bits per heavy atom. The van der Waals surface area contributed by atoms with Crippen molar-refractivity contribution in [3.8, 4) is 0 Å². The van der Waals surface area contributed by atoms with Crippen LogP contribution in [0.2, 0.25) is 0 Å². The fourth-order valence-electron chi connectivity index (χ4n) is 1.98. The normalized spacial score (nSPS) is 10.2. The van der Waals surface area contributed by atoms with Crippen LogP contribution in [0.15, 0.2) is 42.6 Å². The number of carboxylic acid groups (broad SMARTS) is 2. The molecule has 9 nitrogen and oxygen atoms in total. The molecule has 0 fully saturated rings. The lowest BCUT2D eigenvalue weighted by molar-refractivity contribution is -0.384. The molecule has 1 aromatic carbocycles. The molecule has 2 rings (SSSR count). The molecule has 0 aliphatic rings. The third-order valence-corrected chi connectivity index (χ3v) is 2.90. The number of benzene rings is 1. The molecule has 0 saturated carbocycles. The first-order chi connectivity index (χ1) is 11.2. The zero-order valence-electron chi connectivity index (χ0n) is 14.0. The lowest BCUT2D eigenvalue weighted by atomic mass is 10.2. The van der Waals surface area contributed by atoms with Gasteiger partial charge in [-0.15, -0.1) is 0 Å². The van der Waals surface area contributed by atoms with Crippen LogP contribution in [0.5, 0.6) is 0 Å². The standard InChI is InChI=1S/C12H14N2O2.C4H4O4.H3N/c1-9(2)8-13-6-5-10-3-4-11(14(15)16)7-12(10)13;5-3(6)1-2-4(7)8;/h3-7,9H,8H2,1-2H3;1-2H,(H,5,6)(H,7,8);1H3/b;2-1+;. The maximum absolute atomic E-state index is 10.7. The van der Waals surface area contributed by atoms with Crippen LogP contribution in [-0.2, 0) is 16.1 Å². The Hall–Kier alpha value is -3.20. The number of nitro groups is 1. The highest BCUT2D eigenvalue weighted by molar-refractivity contribution is 5.89. The van der Waals surface area contributed by atoms with Crippen LogP contribution in [0.3, 0.4) is 0 Å². The lowest BCUT2D eigenvalue weighted by Crippen LogP contribution is -2.02. The maximum atomic E-state index is 10.7. The van der Waals surface area contributed by atoms with Crippen molar-refractivity contribution in [2.75, 3.05) is 0 Å². The monoisotopic (exact) mass is 351 g/mol. The molecule has 1 heterocycles. The van der Waals surface area contributed by atoms with Gasteiger partial charge in [0.2, 0.25) is 0 Å². The second-order valence-electron chi connectivity index (χ2n) is 5.37. The molecule has 5 N–H and O–H groups in total. The molecule has 9 heteroatoms. The first-order valence-corrected chi connectivity index (χ1v) is 7.08. The third-order valence-electron chi connectivity index (χ3n) is 2.90. The van der Waals surface area contributed by atoms with Crippen molar-refractivity contribution in [3.63, 3.8) is 0 Å². The van der Waals surface area contributed by atoms with Crippen molar-refractivity contribution >= 4 is 28.5 Å². The molecule has 0 aliphatic heterocycles. The predicted molar refractivity (Wildman–Crippen MR) is 92.9 cm³/mol. The molecule has 1 aromatic heterocycles. The third kappa shape index (κ3) is 7.27. The number of nitro benzene ring substituents is 1. The molecule has 0 bridgehead atoms. The van der Waals surface area contributed by atoms with Crippen molar-refractivity contribution in [2.45, 2.75) is 20.4 Å². The molecule has 0 radical (unpaired) electrons. The maximum Gasteiger partial charge on any atom is 0.328 e. The zero-order chi connectivity index (χ0) is 18.3. The van der Waals surface area contributed by atoms with Crippen LogP contribution in [0.4, 0.5) is 5.69 Å². The number of nitrogens with zero attached hydrogens (tertiary/aromatic N) is 2. The summed E-state index contributed by atoms with van der Waals surface area (Å²) in [6.45, 7) is 5.14. The summed E-state index contributed by atoms with van der Waals surface area (Å²) >= 11 is 0. The number of aliphatic carboxylic acids is 2. The molecule has 0 amide bonds. The van der Waals surface area contributed by atoms with Crippen LogP contribution < -0.4 is 6.15 Å². The predicted octanol–water partition coefficient (Wildman–Crippen LogP) is 3.08. The fraction of sp³-hybridized carbons (Fsp3) is 0.250. The van der Waals surface area contributed by atoms with E-state index in [1.165, 1.54) is 0 Å². The molecular formula is C16H21N3O6. The Labute approximate surface area is 143 Å². The summed E-state index contributed by atoms with van der Waals surface area (Å²) in [4.78, 5) is 29.4. The Morgan fingerprint density at radius 3 is 2.20 bits per heavy atom. The van der Waals surface area contributed by atoms with E-state index < -0.39 is 11.9 Å². The van der Waals surface area contributed by atoms with Gasteiger partial charge in [-0.1, -0.05) is 13.8 Å². The minimum atomic E-state index is -1.26. The van der Waals surface area contributed by atoms with E-state index in [2.05, 4.69) is 18.4 Å². The van der Waals surface area contributed by atoms with E-state index >= 15 is 0 Å². The van der Waals surface area contributed by atoms with Crippen molar-refractivity contribution in [1.29, 1.82) is 0 Å². The Kier molecular flexibility index (Phi) is 8.57. The highest BCUT2D eigenvalue weighted by atomic mass is 16.6. The van der Waals surface area contributed by atoms with Crippen LogP contribution in [0, 0.1) is 16.0 Å². The largest absolute Gasteiger partial charge is 0.478 e. The quantitative estimate of drug-likeness (QED) is 0.424. The number of aromatic nitrogens is 1. The van der Waals surface area contributed by atoms with E-state index in [1.807, 2.05) is 12.3 Å². The second kappa shape index (κ2) is 9.83. The van der Waals surface area contributed by atoms with Gasteiger partial charge in [0.25, 0.3) is 5.69 Å². The van der Waals surface area contributed by atoms with Crippen LogP contribution in [0.25, 0.3) is 10.9 Å². The molecule has 25 heavy (non-hydrogen) atoms. The summed E-state index contributed by atoms with van der Waals surface area (Å²) in [6.07, 6.45) is 3.10. The number of rotatable bonds is 5. The van der Waals surface area contributed by atoms with Crippen molar-refractivity contribution in [2.24, 2.45) is 5.92 Å². The molecule has 0 atom stereocenters. The minimum absolute atomic E-state index is 0. The topological polar surface area (TPSA) is 158 Å². The van der Waals surface area contributed by atoms with Gasteiger partial charge in [0.1, 0.15) is 0 Å². The zero-order valence-corrected chi connectivity index (χ0v) is 14.0. The fourth-order valence-corrected chi connectivity index (χ4v) is 1.98. The van der Waals surface area contributed by atoms with Crippen molar-refractivity contribution < 1.29 is 24.7 Å². The molecule has 0 unspecified atom stereocenters. The number of fused-ring (bicyclic) bond motifs is 1. The van der Waals surface area contributed by atoms with Gasteiger partial charge in [0.05, 0.1) is 10.4 Å². The number of carboxylic acids is 2.